The van der Waals surface area contributed by atoms with Gasteiger partial charge >= 0.3 is 12.1 Å². The van der Waals surface area contributed by atoms with Crippen LogP contribution in [-0.4, -0.2) is 51.2 Å². The van der Waals surface area contributed by atoms with Crippen LogP contribution in [0.1, 0.15) is 10.4 Å². The minimum atomic E-state index is -4.55. The normalized spacial score (nSPS) is 10.7. The van der Waals surface area contributed by atoms with Crippen LogP contribution >= 0.6 is 0 Å². The summed E-state index contributed by atoms with van der Waals surface area (Å²) in [7, 11) is 1.33. The summed E-state index contributed by atoms with van der Waals surface area (Å²) in [6, 6.07) is 4.21. The molecule has 0 heterocycles. The molecule has 7 nitrogen and oxygen atoms in total. The van der Waals surface area contributed by atoms with E-state index in [0.29, 0.717) is 11.8 Å². The van der Waals surface area contributed by atoms with Crippen LogP contribution in [0.2, 0.25) is 0 Å². The van der Waals surface area contributed by atoms with E-state index in [4.69, 9.17) is 9.47 Å². The molecule has 0 unspecified atom stereocenters. The van der Waals surface area contributed by atoms with Crippen LogP contribution in [0.4, 0.5) is 13.2 Å². The molecule has 0 spiro atoms. The lowest BCUT2D eigenvalue weighted by Crippen LogP contribution is -2.36. The average Bonchev–Trinajstić information content (AvgIpc) is 2.55. The number of aldehydes is 1. The van der Waals surface area contributed by atoms with Gasteiger partial charge in [-0.15, -0.1) is 0 Å². The zero-order valence-corrected chi connectivity index (χ0v) is 12.5. The van der Waals surface area contributed by atoms with E-state index in [-0.39, 0.29) is 11.5 Å². The van der Waals surface area contributed by atoms with E-state index in [1.807, 2.05) is 0 Å². The molecule has 0 saturated heterocycles. The highest BCUT2D eigenvalue weighted by atomic mass is 19.4. The molecule has 0 aliphatic rings. The van der Waals surface area contributed by atoms with Gasteiger partial charge < -0.3 is 19.5 Å². The summed E-state index contributed by atoms with van der Waals surface area (Å²) in [5.74, 6) is -1.69. The van der Waals surface area contributed by atoms with E-state index in [2.05, 4.69) is 4.74 Å². The third kappa shape index (κ3) is 6.99. The van der Waals surface area contributed by atoms with E-state index >= 15 is 0 Å². The molecule has 1 amide bonds. The predicted molar refractivity (Wildman–Crippen MR) is 73.9 cm³/mol. The number of amides is 1. The third-order valence-electron chi connectivity index (χ3n) is 2.52. The predicted octanol–water partition coefficient (Wildman–Crippen LogP) is 1.11. The molecule has 0 fully saturated rings. The molecule has 0 aromatic heterocycles. The molecule has 0 radical (unpaired) electrons. The first-order valence-electron chi connectivity index (χ1n) is 6.50. The fourth-order valence-electron chi connectivity index (χ4n) is 1.45. The largest absolute Gasteiger partial charge is 0.493 e. The van der Waals surface area contributed by atoms with Gasteiger partial charge in [0, 0.05) is 5.56 Å². The molecule has 0 aliphatic heterocycles. The Hall–Kier alpha value is -2.78. The highest BCUT2D eigenvalue weighted by Gasteiger charge is 2.27. The maximum atomic E-state index is 11.9. The van der Waals surface area contributed by atoms with Crippen LogP contribution < -0.4 is 14.8 Å². The Kier molecular flexibility index (Phi) is 7.02. The molecule has 1 rings (SSSR count). The topological polar surface area (TPSA) is 90.9 Å². The van der Waals surface area contributed by atoms with Crippen molar-refractivity contribution in [2.24, 2.45) is 0 Å². The summed E-state index contributed by atoms with van der Waals surface area (Å²) in [5.41, 5.74) is 0.336. The molecule has 1 N–H and O–H groups in total. The molecular formula is C14H14F3NO6. The van der Waals surface area contributed by atoms with E-state index in [1.165, 1.54) is 25.3 Å². The molecule has 0 bridgehead atoms. The van der Waals surface area contributed by atoms with Crippen LogP contribution in [-0.2, 0) is 14.3 Å². The van der Waals surface area contributed by atoms with Crippen LogP contribution in [0.5, 0.6) is 11.5 Å². The summed E-state index contributed by atoms with van der Waals surface area (Å²) >= 11 is 0. The number of ether oxygens (including phenoxy) is 3. The second-order valence-electron chi connectivity index (χ2n) is 4.37. The molecule has 1 aromatic rings. The molecule has 0 saturated carbocycles. The van der Waals surface area contributed by atoms with E-state index in [1.54, 1.807) is 5.32 Å². The van der Waals surface area contributed by atoms with Crippen molar-refractivity contribution < 1.29 is 41.8 Å². The van der Waals surface area contributed by atoms with Crippen molar-refractivity contribution in [2.75, 3.05) is 26.9 Å². The Morgan fingerprint density at radius 1 is 1.21 bits per heavy atom. The lowest BCUT2D eigenvalue weighted by atomic mass is 10.2. The standard InChI is InChI=1S/C14H14F3NO6/c1-22-11-4-9(5-19)2-3-10(11)23-7-13(21)24-6-12(20)18-8-14(15,16)17/h2-5H,6-8H2,1H3,(H,18,20). The second kappa shape index (κ2) is 8.75. The van der Waals surface area contributed by atoms with Gasteiger partial charge in [-0.1, -0.05) is 0 Å². The van der Waals surface area contributed by atoms with Gasteiger partial charge in [-0.05, 0) is 18.2 Å². The van der Waals surface area contributed by atoms with Crippen LogP contribution in [0, 0.1) is 0 Å². The second-order valence-corrected chi connectivity index (χ2v) is 4.37. The molecular weight excluding hydrogens is 335 g/mol. The maximum Gasteiger partial charge on any atom is 0.405 e. The SMILES string of the molecule is COc1cc(C=O)ccc1OCC(=O)OCC(=O)NCC(F)(F)F. The van der Waals surface area contributed by atoms with E-state index < -0.39 is 37.8 Å². The Morgan fingerprint density at radius 3 is 2.50 bits per heavy atom. The highest BCUT2D eigenvalue weighted by molar-refractivity contribution is 5.81. The highest BCUT2D eigenvalue weighted by Crippen LogP contribution is 2.27. The van der Waals surface area contributed by atoms with Gasteiger partial charge in [0.1, 0.15) is 12.8 Å². The number of carbonyl (C=O) groups is 3. The Morgan fingerprint density at radius 2 is 1.92 bits per heavy atom. The summed E-state index contributed by atoms with van der Waals surface area (Å²) < 4.78 is 50.2. The van der Waals surface area contributed by atoms with Gasteiger partial charge in [-0.25, -0.2) is 4.79 Å². The zero-order valence-electron chi connectivity index (χ0n) is 12.5. The molecule has 1 aromatic carbocycles. The lowest BCUT2D eigenvalue weighted by Gasteiger charge is -2.11. The van der Waals surface area contributed by atoms with Crippen LogP contribution in [0.25, 0.3) is 0 Å². The average molecular weight is 349 g/mol. The van der Waals surface area contributed by atoms with Gasteiger partial charge in [-0.2, -0.15) is 13.2 Å². The minimum Gasteiger partial charge on any atom is -0.493 e. The number of alkyl halides is 3. The number of nitrogens with one attached hydrogen (secondary N) is 1. The Bertz CT molecular complexity index is 603. The van der Waals surface area contributed by atoms with E-state index in [0.717, 1.165) is 0 Å². The monoisotopic (exact) mass is 349 g/mol. The van der Waals surface area contributed by atoms with Gasteiger partial charge in [0.2, 0.25) is 0 Å². The fourth-order valence-corrected chi connectivity index (χ4v) is 1.45. The molecule has 0 atom stereocenters. The summed E-state index contributed by atoms with van der Waals surface area (Å²) in [5, 5.41) is 1.55. The number of halogens is 3. The number of methoxy groups -OCH3 is 1. The number of hydrogen-bond donors (Lipinski definition) is 1. The zero-order chi connectivity index (χ0) is 18.2. The number of esters is 1. The van der Waals surface area contributed by atoms with Crippen molar-refractivity contribution in [1.29, 1.82) is 0 Å². The van der Waals surface area contributed by atoms with Crippen molar-refractivity contribution in [1.82, 2.24) is 5.32 Å². The lowest BCUT2D eigenvalue weighted by molar-refractivity contribution is -0.152. The fraction of sp³-hybridized carbons (Fsp3) is 0.357. The van der Waals surface area contributed by atoms with Crippen molar-refractivity contribution in [2.45, 2.75) is 6.18 Å². The number of carbonyl (C=O) groups excluding carboxylic acids is 3. The minimum absolute atomic E-state index is 0.154. The summed E-state index contributed by atoms with van der Waals surface area (Å²) in [4.78, 5) is 33.1. The summed E-state index contributed by atoms with van der Waals surface area (Å²) in [6.45, 7) is -2.97. The quantitative estimate of drug-likeness (QED) is 0.558. The van der Waals surface area contributed by atoms with Crippen molar-refractivity contribution in [3.05, 3.63) is 23.8 Å². The van der Waals surface area contributed by atoms with Crippen molar-refractivity contribution in [3.8, 4) is 11.5 Å². The van der Waals surface area contributed by atoms with Crippen molar-refractivity contribution in [3.63, 3.8) is 0 Å². The van der Waals surface area contributed by atoms with Gasteiger partial charge in [0.25, 0.3) is 5.91 Å². The van der Waals surface area contributed by atoms with Crippen LogP contribution in [0.3, 0.4) is 0 Å². The Balaban J connectivity index is 2.41. The van der Waals surface area contributed by atoms with Gasteiger partial charge in [0.15, 0.2) is 24.7 Å². The third-order valence-corrected chi connectivity index (χ3v) is 2.52. The van der Waals surface area contributed by atoms with Crippen molar-refractivity contribution >= 4 is 18.2 Å². The van der Waals surface area contributed by atoms with E-state index in [9.17, 15) is 27.6 Å². The first-order valence-corrected chi connectivity index (χ1v) is 6.50. The maximum absolute atomic E-state index is 11.9. The smallest absolute Gasteiger partial charge is 0.405 e. The van der Waals surface area contributed by atoms with Gasteiger partial charge in [-0.3, -0.25) is 9.59 Å². The molecule has 24 heavy (non-hydrogen) atoms. The number of rotatable bonds is 8. The molecule has 10 heteroatoms. The number of benzene rings is 1. The molecule has 0 aliphatic carbocycles. The first kappa shape index (κ1) is 19.3. The Labute approximate surface area is 134 Å². The summed E-state index contributed by atoms with van der Waals surface area (Å²) in [6.07, 6.45) is -3.95. The van der Waals surface area contributed by atoms with Crippen LogP contribution in [0.15, 0.2) is 18.2 Å². The first-order chi connectivity index (χ1) is 11.2. The van der Waals surface area contributed by atoms with Gasteiger partial charge in [0.05, 0.1) is 7.11 Å². The number of hydrogen-bond acceptors (Lipinski definition) is 6. The molecule has 132 valence electrons.